The minimum Gasteiger partial charge on any atom is -0.491 e. The second kappa shape index (κ2) is 5.59. The normalized spacial score (nSPS) is 10.8. The van der Waals surface area contributed by atoms with Crippen molar-refractivity contribution < 1.29 is 4.74 Å². The molecule has 0 saturated heterocycles. The first-order valence-electron chi connectivity index (χ1n) is 6.10. The molecular weight excluding hydrogens is 198 g/mol. The van der Waals surface area contributed by atoms with Crippen molar-refractivity contribution in [2.75, 3.05) is 6.61 Å². The highest BCUT2D eigenvalue weighted by molar-refractivity contribution is 5.85. The summed E-state index contributed by atoms with van der Waals surface area (Å²) in [6, 6.07) is 8.23. The van der Waals surface area contributed by atoms with Crippen LogP contribution in [0.2, 0.25) is 0 Å². The Morgan fingerprint density at radius 1 is 1.12 bits per heavy atom. The molecule has 1 heterocycles. The minimum atomic E-state index is 0.821. The van der Waals surface area contributed by atoms with Crippen molar-refractivity contribution in [1.29, 1.82) is 0 Å². The number of ether oxygens (including phenoxy) is 1. The molecule has 0 saturated carbocycles. The van der Waals surface area contributed by atoms with Gasteiger partial charge in [0.25, 0.3) is 0 Å². The molecule has 1 N–H and O–H groups in total. The van der Waals surface area contributed by atoms with E-state index in [1.807, 2.05) is 18.3 Å². The molecule has 0 radical (unpaired) electrons. The quantitative estimate of drug-likeness (QED) is 0.723. The number of hydrogen-bond acceptors (Lipinski definition) is 1. The van der Waals surface area contributed by atoms with E-state index < -0.39 is 0 Å². The molecule has 0 fully saturated rings. The maximum Gasteiger partial charge on any atom is 0.144 e. The molecular formula is C14H19NO. The first-order chi connectivity index (χ1) is 7.92. The van der Waals surface area contributed by atoms with Gasteiger partial charge in [-0.05, 0) is 18.6 Å². The Kier molecular flexibility index (Phi) is 3.86. The van der Waals surface area contributed by atoms with Crippen LogP contribution in [0.1, 0.15) is 32.6 Å². The Labute approximate surface area is 96.6 Å². The first-order valence-corrected chi connectivity index (χ1v) is 6.10. The summed E-state index contributed by atoms with van der Waals surface area (Å²) >= 11 is 0. The smallest absolute Gasteiger partial charge is 0.144 e. The lowest BCUT2D eigenvalue weighted by molar-refractivity contribution is 0.308. The highest BCUT2D eigenvalue weighted by Crippen LogP contribution is 2.24. The molecule has 0 spiro atoms. The Balaban J connectivity index is 1.89. The summed E-state index contributed by atoms with van der Waals surface area (Å²) in [5, 5.41) is 1.18. The maximum atomic E-state index is 5.77. The largest absolute Gasteiger partial charge is 0.491 e. The Hall–Kier alpha value is -1.44. The number of fused-ring (bicyclic) bond motifs is 1. The van der Waals surface area contributed by atoms with Gasteiger partial charge in [0.05, 0.1) is 6.61 Å². The van der Waals surface area contributed by atoms with Crippen molar-refractivity contribution in [3.8, 4) is 5.75 Å². The lowest BCUT2D eigenvalue weighted by atomic mass is 10.2. The van der Waals surface area contributed by atoms with E-state index in [-0.39, 0.29) is 0 Å². The number of para-hydroxylation sites is 1. The Morgan fingerprint density at radius 2 is 2.00 bits per heavy atom. The number of aromatic nitrogens is 1. The number of hydrogen-bond donors (Lipinski definition) is 1. The van der Waals surface area contributed by atoms with Gasteiger partial charge in [0.2, 0.25) is 0 Å². The van der Waals surface area contributed by atoms with Crippen LogP contribution in [0, 0.1) is 0 Å². The third-order valence-electron chi connectivity index (χ3n) is 2.81. The number of nitrogens with one attached hydrogen (secondary N) is 1. The van der Waals surface area contributed by atoms with Gasteiger partial charge in [-0.25, -0.2) is 0 Å². The lowest BCUT2D eigenvalue weighted by Gasteiger charge is -2.03. The van der Waals surface area contributed by atoms with E-state index in [1.165, 1.54) is 24.6 Å². The summed E-state index contributed by atoms with van der Waals surface area (Å²) in [5.74, 6) is 0.979. The zero-order valence-electron chi connectivity index (χ0n) is 9.83. The van der Waals surface area contributed by atoms with Crippen molar-refractivity contribution >= 4 is 10.9 Å². The standard InChI is InChI=1S/C14H19NO/c1-2-3-4-7-10-16-14-11-15-13-9-6-5-8-12(13)14/h5-6,8-9,11,15H,2-4,7,10H2,1H3. The third-order valence-corrected chi connectivity index (χ3v) is 2.81. The zero-order chi connectivity index (χ0) is 11.2. The Bertz CT molecular complexity index is 433. The van der Waals surface area contributed by atoms with E-state index in [0.717, 1.165) is 24.3 Å². The van der Waals surface area contributed by atoms with E-state index >= 15 is 0 Å². The molecule has 0 amide bonds. The van der Waals surface area contributed by atoms with Crippen molar-refractivity contribution in [3.05, 3.63) is 30.5 Å². The number of aromatic amines is 1. The Morgan fingerprint density at radius 3 is 2.88 bits per heavy atom. The molecule has 0 aliphatic heterocycles. The summed E-state index contributed by atoms with van der Waals surface area (Å²) in [5.41, 5.74) is 1.14. The molecule has 1 aromatic carbocycles. The van der Waals surface area contributed by atoms with Crippen molar-refractivity contribution in [2.24, 2.45) is 0 Å². The molecule has 86 valence electrons. The lowest BCUT2D eigenvalue weighted by Crippen LogP contribution is -1.96. The highest BCUT2D eigenvalue weighted by Gasteiger charge is 2.02. The molecule has 2 nitrogen and oxygen atoms in total. The van der Waals surface area contributed by atoms with Gasteiger partial charge in [0.15, 0.2) is 0 Å². The minimum absolute atomic E-state index is 0.821. The number of rotatable bonds is 6. The molecule has 16 heavy (non-hydrogen) atoms. The van der Waals surface area contributed by atoms with Gasteiger partial charge in [-0.1, -0.05) is 38.3 Å². The van der Waals surface area contributed by atoms with Crippen LogP contribution in [-0.2, 0) is 0 Å². The van der Waals surface area contributed by atoms with Gasteiger partial charge in [-0.2, -0.15) is 0 Å². The summed E-state index contributed by atoms with van der Waals surface area (Å²) < 4.78 is 5.77. The van der Waals surface area contributed by atoms with E-state index in [2.05, 4.69) is 24.0 Å². The number of benzene rings is 1. The topological polar surface area (TPSA) is 25.0 Å². The van der Waals surface area contributed by atoms with Crippen LogP contribution < -0.4 is 4.74 Å². The fourth-order valence-electron chi connectivity index (χ4n) is 1.88. The number of H-pyrrole nitrogens is 1. The van der Waals surface area contributed by atoms with Gasteiger partial charge in [-0.3, -0.25) is 0 Å². The second-order valence-corrected chi connectivity index (χ2v) is 4.11. The van der Waals surface area contributed by atoms with Crippen LogP contribution in [0.15, 0.2) is 30.5 Å². The molecule has 0 atom stereocenters. The van der Waals surface area contributed by atoms with E-state index in [0.29, 0.717) is 0 Å². The maximum absolute atomic E-state index is 5.77. The first kappa shape index (κ1) is 11.1. The fraction of sp³-hybridized carbons (Fsp3) is 0.429. The molecule has 0 unspecified atom stereocenters. The molecule has 0 aliphatic rings. The van der Waals surface area contributed by atoms with Crippen LogP contribution in [0.25, 0.3) is 10.9 Å². The van der Waals surface area contributed by atoms with Gasteiger partial charge in [0, 0.05) is 17.1 Å². The second-order valence-electron chi connectivity index (χ2n) is 4.11. The van der Waals surface area contributed by atoms with Crippen molar-refractivity contribution in [1.82, 2.24) is 4.98 Å². The third kappa shape index (κ3) is 2.57. The molecule has 0 bridgehead atoms. The summed E-state index contributed by atoms with van der Waals surface area (Å²) in [6.45, 7) is 3.04. The SMILES string of the molecule is CCCCCCOc1c[nH]c2ccccc12. The van der Waals surface area contributed by atoms with Gasteiger partial charge in [-0.15, -0.1) is 0 Å². The van der Waals surface area contributed by atoms with Crippen molar-refractivity contribution in [3.63, 3.8) is 0 Å². The summed E-state index contributed by atoms with van der Waals surface area (Å²) in [4.78, 5) is 3.22. The molecule has 1 aromatic heterocycles. The zero-order valence-corrected chi connectivity index (χ0v) is 9.83. The molecule has 2 aromatic rings. The van der Waals surface area contributed by atoms with Crippen LogP contribution in [0.5, 0.6) is 5.75 Å². The highest BCUT2D eigenvalue weighted by atomic mass is 16.5. The van der Waals surface area contributed by atoms with E-state index in [9.17, 15) is 0 Å². The van der Waals surface area contributed by atoms with Gasteiger partial charge in [0.1, 0.15) is 5.75 Å². The molecule has 2 rings (SSSR count). The molecule has 2 heteroatoms. The number of unbranched alkanes of at least 4 members (excludes halogenated alkanes) is 3. The predicted molar refractivity (Wildman–Crippen MR) is 67.9 cm³/mol. The van der Waals surface area contributed by atoms with Gasteiger partial charge < -0.3 is 9.72 Å². The van der Waals surface area contributed by atoms with Crippen LogP contribution in [0.4, 0.5) is 0 Å². The van der Waals surface area contributed by atoms with Crippen LogP contribution in [-0.4, -0.2) is 11.6 Å². The van der Waals surface area contributed by atoms with E-state index in [1.54, 1.807) is 0 Å². The monoisotopic (exact) mass is 217 g/mol. The van der Waals surface area contributed by atoms with Crippen molar-refractivity contribution in [2.45, 2.75) is 32.6 Å². The van der Waals surface area contributed by atoms with Crippen LogP contribution in [0.3, 0.4) is 0 Å². The van der Waals surface area contributed by atoms with Gasteiger partial charge >= 0.3 is 0 Å². The molecule has 0 aliphatic carbocycles. The van der Waals surface area contributed by atoms with Crippen LogP contribution >= 0.6 is 0 Å². The predicted octanol–water partition coefficient (Wildman–Crippen LogP) is 4.13. The average molecular weight is 217 g/mol. The summed E-state index contributed by atoms with van der Waals surface area (Å²) in [7, 11) is 0. The fourth-order valence-corrected chi connectivity index (χ4v) is 1.88. The van der Waals surface area contributed by atoms with E-state index in [4.69, 9.17) is 4.74 Å². The average Bonchev–Trinajstić information content (AvgIpc) is 2.73. The summed E-state index contributed by atoms with van der Waals surface area (Å²) in [6.07, 6.45) is 6.93.